The first-order valence-corrected chi connectivity index (χ1v) is 6.12. The Kier molecular flexibility index (Phi) is 5.52. The Hall–Kier alpha value is -1.68. The molecular formula is C14H20N2O2. The molecule has 0 spiro atoms. The lowest BCUT2D eigenvalue weighted by Gasteiger charge is -2.22. The Labute approximate surface area is 108 Å². The fraction of sp³-hybridized carbons (Fsp3) is 0.429. The number of ketones is 1. The van der Waals surface area contributed by atoms with E-state index >= 15 is 0 Å². The van der Waals surface area contributed by atoms with Crippen molar-refractivity contribution in [1.82, 2.24) is 10.2 Å². The van der Waals surface area contributed by atoms with E-state index < -0.39 is 0 Å². The summed E-state index contributed by atoms with van der Waals surface area (Å²) in [5, 5.41) is 2.72. The van der Waals surface area contributed by atoms with Gasteiger partial charge < -0.3 is 5.32 Å². The summed E-state index contributed by atoms with van der Waals surface area (Å²) in [4.78, 5) is 25.4. The van der Waals surface area contributed by atoms with Crippen molar-refractivity contribution < 1.29 is 9.59 Å². The quantitative estimate of drug-likeness (QED) is 0.773. The predicted octanol–water partition coefficient (Wildman–Crippen LogP) is 1.33. The van der Waals surface area contributed by atoms with E-state index in [2.05, 4.69) is 5.32 Å². The maximum Gasteiger partial charge on any atom is 0.234 e. The zero-order valence-electron chi connectivity index (χ0n) is 11.1. The summed E-state index contributed by atoms with van der Waals surface area (Å²) in [6, 6.07) is 8.82. The summed E-state index contributed by atoms with van der Waals surface area (Å²) in [5.74, 6) is -0.0323. The van der Waals surface area contributed by atoms with Crippen LogP contribution in [0, 0.1) is 0 Å². The first-order valence-electron chi connectivity index (χ1n) is 6.12. The minimum Gasteiger partial charge on any atom is -0.355 e. The van der Waals surface area contributed by atoms with Crippen LogP contribution in [0.1, 0.15) is 24.2 Å². The van der Waals surface area contributed by atoms with Gasteiger partial charge in [-0.2, -0.15) is 0 Å². The van der Waals surface area contributed by atoms with Gasteiger partial charge in [0.2, 0.25) is 5.91 Å². The number of Topliss-reactive ketones (excluding diaryl/α,β-unsaturated/α-hetero) is 1. The van der Waals surface area contributed by atoms with Gasteiger partial charge in [0.1, 0.15) is 0 Å². The molecule has 1 rings (SSSR count). The second-order valence-electron chi connectivity index (χ2n) is 4.27. The van der Waals surface area contributed by atoms with Crippen LogP contribution in [-0.4, -0.2) is 42.8 Å². The summed E-state index contributed by atoms with van der Waals surface area (Å²) in [5.41, 5.74) is 0.674. The maximum atomic E-state index is 12.2. The van der Waals surface area contributed by atoms with Crippen molar-refractivity contribution in [2.75, 3.05) is 20.1 Å². The van der Waals surface area contributed by atoms with E-state index in [1.54, 1.807) is 24.1 Å². The highest BCUT2D eigenvalue weighted by atomic mass is 16.2. The van der Waals surface area contributed by atoms with Crippen molar-refractivity contribution >= 4 is 11.7 Å². The van der Waals surface area contributed by atoms with E-state index in [9.17, 15) is 9.59 Å². The molecule has 1 amide bonds. The highest BCUT2D eigenvalue weighted by Crippen LogP contribution is 2.07. The lowest BCUT2D eigenvalue weighted by molar-refractivity contribution is -0.122. The Morgan fingerprint density at radius 3 is 2.44 bits per heavy atom. The number of carbonyl (C=O) groups excluding carboxylic acids is 2. The maximum absolute atomic E-state index is 12.2. The minimum atomic E-state index is -0.310. The van der Waals surface area contributed by atoms with Crippen LogP contribution in [0.3, 0.4) is 0 Å². The summed E-state index contributed by atoms with van der Waals surface area (Å²) in [6.07, 6.45) is 0. The number of rotatable bonds is 6. The number of nitrogens with zero attached hydrogens (tertiary/aromatic N) is 1. The van der Waals surface area contributed by atoms with Crippen LogP contribution >= 0.6 is 0 Å². The van der Waals surface area contributed by atoms with Gasteiger partial charge in [-0.05, 0) is 20.9 Å². The Bertz CT molecular complexity index is 404. The second kappa shape index (κ2) is 6.91. The average Bonchev–Trinajstić information content (AvgIpc) is 2.38. The number of benzene rings is 1. The van der Waals surface area contributed by atoms with Crippen LogP contribution in [0.15, 0.2) is 30.3 Å². The van der Waals surface area contributed by atoms with Crippen molar-refractivity contribution in [3.8, 4) is 0 Å². The van der Waals surface area contributed by atoms with Crippen LogP contribution in [0.5, 0.6) is 0 Å². The molecule has 0 saturated carbocycles. The van der Waals surface area contributed by atoms with E-state index in [1.807, 2.05) is 32.0 Å². The van der Waals surface area contributed by atoms with Gasteiger partial charge >= 0.3 is 0 Å². The van der Waals surface area contributed by atoms with E-state index in [0.717, 1.165) is 0 Å². The van der Waals surface area contributed by atoms with Gasteiger partial charge in [0.25, 0.3) is 0 Å². The number of hydrogen-bond donors (Lipinski definition) is 1. The Morgan fingerprint density at radius 2 is 1.89 bits per heavy atom. The van der Waals surface area contributed by atoms with Gasteiger partial charge in [0.15, 0.2) is 5.78 Å². The largest absolute Gasteiger partial charge is 0.355 e. The zero-order chi connectivity index (χ0) is 13.5. The number of hydrogen-bond acceptors (Lipinski definition) is 3. The molecule has 4 nitrogen and oxygen atoms in total. The van der Waals surface area contributed by atoms with E-state index in [1.165, 1.54) is 0 Å². The molecule has 1 N–H and O–H groups in total. The zero-order valence-corrected chi connectivity index (χ0v) is 11.1. The summed E-state index contributed by atoms with van der Waals surface area (Å²) < 4.78 is 0. The van der Waals surface area contributed by atoms with E-state index in [4.69, 9.17) is 0 Å². The second-order valence-corrected chi connectivity index (χ2v) is 4.27. The molecule has 0 saturated heterocycles. The first-order chi connectivity index (χ1) is 8.56. The Morgan fingerprint density at radius 1 is 1.28 bits per heavy atom. The first kappa shape index (κ1) is 14.4. The molecule has 18 heavy (non-hydrogen) atoms. The summed E-state index contributed by atoms with van der Waals surface area (Å²) >= 11 is 0. The third kappa shape index (κ3) is 3.96. The SMILES string of the molecule is CCNC(=O)CN(C)C(C)C(=O)c1ccccc1. The number of carbonyl (C=O) groups is 2. The van der Waals surface area contributed by atoms with Crippen LogP contribution in [0.2, 0.25) is 0 Å². The molecule has 0 radical (unpaired) electrons. The van der Waals surface area contributed by atoms with Gasteiger partial charge in [-0.15, -0.1) is 0 Å². The number of likely N-dealkylation sites (N-methyl/N-ethyl adjacent to an activating group) is 2. The molecule has 0 bridgehead atoms. The smallest absolute Gasteiger partial charge is 0.234 e. The fourth-order valence-electron chi connectivity index (χ4n) is 1.66. The van der Waals surface area contributed by atoms with Crippen molar-refractivity contribution in [2.24, 2.45) is 0 Å². The van der Waals surface area contributed by atoms with Gasteiger partial charge in [-0.25, -0.2) is 0 Å². The highest BCUT2D eigenvalue weighted by molar-refractivity contribution is 6.00. The fourth-order valence-corrected chi connectivity index (χ4v) is 1.66. The van der Waals surface area contributed by atoms with Crippen LogP contribution in [0.4, 0.5) is 0 Å². The average molecular weight is 248 g/mol. The molecule has 0 aliphatic rings. The molecular weight excluding hydrogens is 228 g/mol. The standard InChI is InChI=1S/C14H20N2O2/c1-4-15-13(17)10-16(3)11(2)14(18)12-8-6-5-7-9-12/h5-9,11H,4,10H2,1-3H3,(H,15,17). The molecule has 1 aromatic carbocycles. The molecule has 0 fully saturated rings. The van der Waals surface area contributed by atoms with Crippen molar-refractivity contribution in [3.63, 3.8) is 0 Å². The normalized spacial score (nSPS) is 12.2. The van der Waals surface area contributed by atoms with Gasteiger partial charge in [0.05, 0.1) is 12.6 Å². The number of nitrogens with one attached hydrogen (secondary N) is 1. The van der Waals surface area contributed by atoms with Crippen LogP contribution in [-0.2, 0) is 4.79 Å². The highest BCUT2D eigenvalue weighted by Gasteiger charge is 2.20. The lowest BCUT2D eigenvalue weighted by Crippen LogP contribution is -2.42. The van der Waals surface area contributed by atoms with E-state index in [0.29, 0.717) is 12.1 Å². The van der Waals surface area contributed by atoms with Gasteiger partial charge in [-0.3, -0.25) is 14.5 Å². The monoisotopic (exact) mass is 248 g/mol. The van der Waals surface area contributed by atoms with E-state index in [-0.39, 0.29) is 24.3 Å². The molecule has 1 aromatic rings. The lowest BCUT2D eigenvalue weighted by atomic mass is 10.0. The summed E-state index contributed by atoms with van der Waals surface area (Å²) in [6.45, 7) is 4.52. The molecule has 0 aliphatic heterocycles. The molecule has 1 unspecified atom stereocenters. The van der Waals surface area contributed by atoms with Gasteiger partial charge in [-0.1, -0.05) is 30.3 Å². The molecule has 0 aliphatic carbocycles. The molecule has 4 heteroatoms. The topological polar surface area (TPSA) is 49.4 Å². The third-order valence-corrected chi connectivity index (χ3v) is 2.87. The minimum absolute atomic E-state index is 0.0300. The summed E-state index contributed by atoms with van der Waals surface area (Å²) in [7, 11) is 1.78. The number of amides is 1. The van der Waals surface area contributed by atoms with Crippen molar-refractivity contribution in [1.29, 1.82) is 0 Å². The van der Waals surface area contributed by atoms with Crippen molar-refractivity contribution in [3.05, 3.63) is 35.9 Å². The third-order valence-electron chi connectivity index (χ3n) is 2.87. The predicted molar refractivity (Wildman–Crippen MR) is 71.5 cm³/mol. The Balaban J connectivity index is 2.61. The molecule has 0 aromatic heterocycles. The van der Waals surface area contributed by atoms with Crippen molar-refractivity contribution in [2.45, 2.75) is 19.9 Å². The molecule has 98 valence electrons. The molecule has 0 heterocycles. The van der Waals surface area contributed by atoms with Gasteiger partial charge in [0, 0.05) is 12.1 Å². The molecule has 1 atom stereocenters. The van der Waals surface area contributed by atoms with Crippen LogP contribution in [0.25, 0.3) is 0 Å². The van der Waals surface area contributed by atoms with Crippen LogP contribution < -0.4 is 5.32 Å².